The number of rotatable bonds is 0. The molecule has 0 aromatic heterocycles. The highest BCUT2D eigenvalue weighted by molar-refractivity contribution is 5.67. The minimum atomic E-state index is -0.964. The highest BCUT2D eigenvalue weighted by Crippen LogP contribution is 2.24. The summed E-state index contributed by atoms with van der Waals surface area (Å²) in [5.74, 6) is -1.90. The lowest BCUT2D eigenvalue weighted by Crippen LogP contribution is -2.01. The van der Waals surface area contributed by atoms with Crippen LogP contribution in [0.1, 0.15) is 5.56 Å². The topological polar surface area (TPSA) is 52.0 Å². The highest BCUT2D eigenvalue weighted by atomic mass is 19.2. The fourth-order valence-corrected chi connectivity index (χ4v) is 0.792. The summed E-state index contributed by atoms with van der Waals surface area (Å²) in [6, 6.07) is 0.873. The monoisotopic (exact) mass is 158 g/mol. The van der Waals surface area contributed by atoms with E-state index in [9.17, 15) is 8.78 Å². The predicted molar refractivity (Wildman–Crippen MR) is 39.9 cm³/mol. The van der Waals surface area contributed by atoms with E-state index in [0.29, 0.717) is 0 Å². The van der Waals surface area contributed by atoms with E-state index in [-0.39, 0.29) is 16.9 Å². The molecule has 1 rings (SSSR count). The fraction of sp³-hybridized carbons (Fsp3) is 0.143. The van der Waals surface area contributed by atoms with Crippen molar-refractivity contribution in [2.75, 3.05) is 11.5 Å². The summed E-state index contributed by atoms with van der Waals surface area (Å²) < 4.78 is 25.2. The van der Waals surface area contributed by atoms with Crippen LogP contribution in [0, 0.1) is 18.6 Å². The van der Waals surface area contributed by atoms with Gasteiger partial charge in [-0.1, -0.05) is 0 Å². The summed E-state index contributed by atoms with van der Waals surface area (Å²) in [5.41, 5.74) is 10.8. The van der Waals surface area contributed by atoms with E-state index in [4.69, 9.17) is 11.5 Å². The van der Waals surface area contributed by atoms with Gasteiger partial charge in [0.05, 0.1) is 11.4 Å². The first-order valence-corrected chi connectivity index (χ1v) is 3.03. The molecule has 60 valence electrons. The van der Waals surface area contributed by atoms with Crippen molar-refractivity contribution in [3.05, 3.63) is 23.3 Å². The first kappa shape index (κ1) is 7.78. The Labute approximate surface area is 62.8 Å². The Hall–Kier alpha value is -1.32. The molecule has 0 aliphatic carbocycles. The molecule has 4 N–H and O–H groups in total. The van der Waals surface area contributed by atoms with Gasteiger partial charge in [0.15, 0.2) is 11.6 Å². The SMILES string of the molecule is Cc1c(N)c(N)cc(F)c1F. The maximum Gasteiger partial charge on any atom is 0.163 e. The second-order valence-corrected chi connectivity index (χ2v) is 2.30. The smallest absolute Gasteiger partial charge is 0.163 e. The van der Waals surface area contributed by atoms with Crippen molar-refractivity contribution in [1.29, 1.82) is 0 Å². The van der Waals surface area contributed by atoms with Crippen LogP contribution in [0.3, 0.4) is 0 Å². The first-order valence-electron chi connectivity index (χ1n) is 3.03. The van der Waals surface area contributed by atoms with Gasteiger partial charge in [-0.05, 0) is 6.92 Å². The van der Waals surface area contributed by atoms with Crippen LogP contribution in [0.25, 0.3) is 0 Å². The molecule has 0 saturated carbocycles. The van der Waals surface area contributed by atoms with Gasteiger partial charge in [0.2, 0.25) is 0 Å². The molecule has 0 radical (unpaired) electrons. The third-order valence-corrected chi connectivity index (χ3v) is 1.54. The molecule has 0 fully saturated rings. The molecule has 2 nitrogen and oxygen atoms in total. The minimum Gasteiger partial charge on any atom is -0.397 e. The Balaban J connectivity index is 3.46. The quantitative estimate of drug-likeness (QED) is 0.561. The summed E-state index contributed by atoms with van der Waals surface area (Å²) >= 11 is 0. The lowest BCUT2D eigenvalue weighted by atomic mass is 10.1. The van der Waals surface area contributed by atoms with Crippen LogP contribution >= 0.6 is 0 Å². The number of nitrogen functional groups attached to an aromatic ring is 2. The van der Waals surface area contributed by atoms with Crippen LogP contribution in [-0.2, 0) is 0 Å². The van der Waals surface area contributed by atoms with Gasteiger partial charge in [-0.25, -0.2) is 8.78 Å². The second kappa shape index (κ2) is 2.38. The Morgan fingerprint density at radius 1 is 1.27 bits per heavy atom. The highest BCUT2D eigenvalue weighted by Gasteiger charge is 2.10. The van der Waals surface area contributed by atoms with Crippen LogP contribution < -0.4 is 11.5 Å². The van der Waals surface area contributed by atoms with E-state index in [1.54, 1.807) is 0 Å². The second-order valence-electron chi connectivity index (χ2n) is 2.30. The van der Waals surface area contributed by atoms with Crippen LogP contribution in [0.2, 0.25) is 0 Å². The molecule has 0 unspecified atom stereocenters. The average Bonchev–Trinajstić information content (AvgIpc) is 1.97. The molecular formula is C7H8F2N2. The van der Waals surface area contributed by atoms with Gasteiger partial charge in [0.25, 0.3) is 0 Å². The van der Waals surface area contributed by atoms with Crippen LogP contribution in [-0.4, -0.2) is 0 Å². The van der Waals surface area contributed by atoms with Crippen molar-refractivity contribution >= 4 is 11.4 Å². The molecule has 0 amide bonds. The van der Waals surface area contributed by atoms with Crippen LogP contribution in [0.15, 0.2) is 6.07 Å². The lowest BCUT2D eigenvalue weighted by molar-refractivity contribution is 0.504. The molecule has 0 spiro atoms. The molecule has 1 aromatic rings. The van der Waals surface area contributed by atoms with Gasteiger partial charge in [-0.15, -0.1) is 0 Å². The maximum absolute atomic E-state index is 12.7. The van der Waals surface area contributed by atoms with Gasteiger partial charge in [-0.3, -0.25) is 0 Å². The third kappa shape index (κ3) is 1.11. The average molecular weight is 158 g/mol. The number of hydrogen-bond donors (Lipinski definition) is 2. The van der Waals surface area contributed by atoms with Gasteiger partial charge in [-0.2, -0.15) is 0 Å². The van der Waals surface area contributed by atoms with E-state index >= 15 is 0 Å². The van der Waals surface area contributed by atoms with Crippen molar-refractivity contribution in [3.63, 3.8) is 0 Å². The Kier molecular flexibility index (Phi) is 1.68. The van der Waals surface area contributed by atoms with E-state index in [1.807, 2.05) is 0 Å². The van der Waals surface area contributed by atoms with Gasteiger partial charge >= 0.3 is 0 Å². The normalized spacial score (nSPS) is 10.1. The third-order valence-electron chi connectivity index (χ3n) is 1.54. The van der Waals surface area contributed by atoms with Crippen molar-refractivity contribution in [2.24, 2.45) is 0 Å². The zero-order chi connectivity index (χ0) is 8.59. The molecule has 0 saturated heterocycles. The van der Waals surface area contributed by atoms with E-state index in [2.05, 4.69) is 0 Å². The Morgan fingerprint density at radius 2 is 1.82 bits per heavy atom. The summed E-state index contributed by atoms with van der Waals surface area (Å²) in [4.78, 5) is 0. The van der Waals surface area contributed by atoms with Crippen molar-refractivity contribution < 1.29 is 8.78 Å². The largest absolute Gasteiger partial charge is 0.397 e. The fourth-order valence-electron chi connectivity index (χ4n) is 0.792. The van der Waals surface area contributed by atoms with Crippen LogP contribution in [0.5, 0.6) is 0 Å². The molecule has 0 atom stereocenters. The van der Waals surface area contributed by atoms with Crippen molar-refractivity contribution in [3.8, 4) is 0 Å². The maximum atomic E-state index is 12.7. The van der Waals surface area contributed by atoms with Gasteiger partial charge in [0.1, 0.15) is 0 Å². The molecule has 0 bridgehead atoms. The summed E-state index contributed by atoms with van der Waals surface area (Å²) in [6.45, 7) is 1.38. The zero-order valence-electron chi connectivity index (χ0n) is 5.99. The lowest BCUT2D eigenvalue weighted by Gasteiger charge is -2.05. The van der Waals surface area contributed by atoms with E-state index < -0.39 is 11.6 Å². The number of hydrogen-bond acceptors (Lipinski definition) is 2. The molecule has 1 aromatic carbocycles. The standard InChI is InChI=1S/C7H8F2N2/c1-3-6(9)4(8)2-5(10)7(3)11/h2H,10-11H2,1H3. The number of benzene rings is 1. The molecule has 11 heavy (non-hydrogen) atoms. The Bertz CT molecular complexity index is 271. The molecule has 0 aliphatic rings. The summed E-state index contributed by atoms with van der Waals surface area (Å²) in [5, 5.41) is 0. The number of anilines is 2. The predicted octanol–water partition coefficient (Wildman–Crippen LogP) is 1.44. The van der Waals surface area contributed by atoms with Gasteiger partial charge < -0.3 is 11.5 Å². The molecular weight excluding hydrogens is 150 g/mol. The van der Waals surface area contributed by atoms with E-state index in [1.165, 1.54) is 6.92 Å². The van der Waals surface area contributed by atoms with E-state index in [0.717, 1.165) is 6.07 Å². The molecule has 4 heteroatoms. The summed E-state index contributed by atoms with van der Waals surface area (Å²) in [6.07, 6.45) is 0. The minimum absolute atomic E-state index is 0.0579. The number of nitrogens with two attached hydrogens (primary N) is 2. The van der Waals surface area contributed by atoms with Crippen LogP contribution in [0.4, 0.5) is 20.2 Å². The molecule has 0 aliphatic heterocycles. The van der Waals surface area contributed by atoms with Gasteiger partial charge in [0, 0.05) is 11.6 Å². The first-order chi connectivity index (χ1) is 5.04. The van der Waals surface area contributed by atoms with Crippen molar-refractivity contribution in [1.82, 2.24) is 0 Å². The van der Waals surface area contributed by atoms with Crippen molar-refractivity contribution in [2.45, 2.75) is 6.92 Å². The Morgan fingerprint density at radius 3 is 2.36 bits per heavy atom. The summed E-state index contributed by atoms with van der Waals surface area (Å²) in [7, 11) is 0. The number of halogens is 2. The zero-order valence-corrected chi connectivity index (χ0v) is 5.99. The molecule has 0 heterocycles.